The number of aryl methyl sites for hydroxylation is 1. The zero-order chi connectivity index (χ0) is 21.7. The molecule has 0 spiro atoms. The van der Waals surface area contributed by atoms with Gasteiger partial charge in [0, 0.05) is 17.2 Å². The van der Waals surface area contributed by atoms with E-state index in [-0.39, 0.29) is 29.7 Å². The second kappa shape index (κ2) is 9.41. The molecule has 0 saturated carbocycles. The first-order chi connectivity index (χ1) is 14.4. The minimum Gasteiger partial charge on any atom is -0.459 e. The highest BCUT2D eigenvalue weighted by Gasteiger charge is 2.21. The van der Waals surface area contributed by atoms with Crippen LogP contribution < -0.4 is 15.5 Å². The summed E-state index contributed by atoms with van der Waals surface area (Å²) >= 11 is 3.41. The van der Waals surface area contributed by atoms with Crippen molar-refractivity contribution in [1.29, 1.82) is 0 Å². The molecule has 3 amide bonds. The van der Waals surface area contributed by atoms with Gasteiger partial charge < -0.3 is 20.0 Å². The largest absolute Gasteiger partial charge is 0.459 e. The molecule has 3 rings (SSSR count). The van der Waals surface area contributed by atoms with Crippen LogP contribution in [-0.2, 0) is 4.79 Å². The molecule has 3 aromatic rings. The molecule has 0 unspecified atom stereocenters. The van der Waals surface area contributed by atoms with Crippen LogP contribution in [-0.4, -0.2) is 31.3 Å². The molecule has 30 heavy (non-hydrogen) atoms. The van der Waals surface area contributed by atoms with Crippen molar-refractivity contribution in [1.82, 2.24) is 5.32 Å². The topological polar surface area (TPSA) is 91.7 Å². The second-order valence-electron chi connectivity index (χ2n) is 6.55. The van der Waals surface area contributed by atoms with Gasteiger partial charge in [0.05, 0.1) is 24.1 Å². The molecular formula is C22H20BrN3O4. The molecule has 0 radical (unpaired) electrons. The van der Waals surface area contributed by atoms with Crippen molar-refractivity contribution in [3.05, 3.63) is 82.2 Å². The fourth-order valence-corrected chi connectivity index (χ4v) is 3.06. The summed E-state index contributed by atoms with van der Waals surface area (Å²) in [5.41, 5.74) is 2.29. The van der Waals surface area contributed by atoms with Crippen molar-refractivity contribution < 1.29 is 18.8 Å². The van der Waals surface area contributed by atoms with Crippen molar-refractivity contribution in [2.75, 3.05) is 23.8 Å². The molecule has 8 heteroatoms. The van der Waals surface area contributed by atoms with Crippen LogP contribution in [0, 0.1) is 6.92 Å². The maximum absolute atomic E-state index is 12.7. The van der Waals surface area contributed by atoms with Crippen LogP contribution in [0.1, 0.15) is 26.5 Å². The van der Waals surface area contributed by atoms with Gasteiger partial charge in [0.2, 0.25) is 5.91 Å². The van der Waals surface area contributed by atoms with E-state index in [0.29, 0.717) is 11.4 Å². The average molecular weight is 470 g/mol. The number of nitrogens with zero attached hydrogens (tertiary/aromatic N) is 1. The number of nitrogens with one attached hydrogen (secondary N) is 2. The quantitative estimate of drug-likeness (QED) is 0.570. The predicted molar refractivity (Wildman–Crippen MR) is 118 cm³/mol. The Hall–Kier alpha value is -3.39. The maximum Gasteiger partial charge on any atom is 0.293 e. The molecule has 0 atom stereocenters. The first-order valence-electron chi connectivity index (χ1n) is 9.11. The molecule has 2 aromatic carbocycles. The van der Waals surface area contributed by atoms with E-state index in [1.807, 2.05) is 19.1 Å². The Morgan fingerprint density at radius 3 is 2.53 bits per heavy atom. The first kappa shape index (κ1) is 21.3. The first-order valence-corrected chi connectivity index (χ1v) is 9.91. The van der Waals surface area contributed by atoms with E-state index in [9.17, 15) is 14.4 Å². The number of carbonyl (C=O) groups is 3. The van der Waals surface area contributed by atoms with Crippen molar-refractivity contribution >= 4 is 45.0 Å². The molecule has 0 saturated heterocycles. The number of para-hydroxylation sites is 1. The van der Waals surface area contributed by atoms with Gasteiger partial charge in [0.25, 0.3) is 11.8 Å². The minimum atomic E-state index is -0.466. The number of hydrogen-bond acceptors (Lipinski definition) is 4. The second-order valence-corrected chi connectivity index (χ2v) is 7.41. The number of hydrogen-bond donors (Lipinski definition) is 2. The normalized spacial score (nSPS) is 10.4. The Morgan fingerprint density at radius 1 is 1.07 bits per heavy atom. The third kappa shape index (κ3) is 4.96. The number of anilines is 2. The number of halogens is 1. The Bertz CT molecular complexity index is 1080. The molecule has 0 fully saturated rings. The van der Waals surface area contributed by atoms with Crippen LogP contribution in [0.25, 0.3) is 0 Å². The van der Waals surface area contributed by atoms with Gasteiger partial charge in [-0.2, -0.15) is 0 Å². The van der Waals surface area contributed by atoms with E-state index in [2.05, 4.69) is 26.6 Å². The molecule has 0 aliphatic rings. The van der Waals surface area contributed by atoms with E-state index in [0.717, 1.165) is 10.0 Å². The number of rotatable bonds is 6. The third-order valence-electron chi connectivity index (χ3n) is 4.40. The van der Waals surface area contributed by atoms with Gasteiger partial charge in [-0.3, -0.25) is 14.4 Å². The average Bonchev–Trinajstić information content (AvgIpc) is 3.28. The lowest BCUT2D eigenvalue weighted by Gasteiger charge is -2.19. The monoisotopic (exact) mass is 469 g/mol. The molecular weight excluding hydrogens is 450 g/mol. The molecule has 0 bridgehead atoms. The van der Waals surface area contributed by atoms with E-state index < -0.39 is 5.91 Å². The predicted octanol–water partition coefficient (Wildman–Crippen LogP) is 4.00. The van der Waals surface area contributed by atoms with Gasteiger partial charge in [-0.1, -0.05) is 28.1 Å². The van der Waals surface area contributed by atoms with Crippen LogP contribution in [0.3, 0.4) is 0 Å². The molecule has 1 aromatic heterocycles. The summed E-state index contributed by atoms with van der Waals surface area (Å²) < 4.78 is 6.09. The third-order valence-corrected chi connectivity index (χ3v) is 5.29. The van der Waals surface area contributed by atoms with E-state index in [1.54, 1.807) is 49.5 Å². The molecule has 2 N–H and O–H groups in total. The fraction of sp³-hybridized carbons (Fsp3) is 0.136. The highest BCUT2D eigenvalue weighted by Crippen LogP contribution is 2.22. The summed E-state index contributed by atoms with van der Waals surface area (Å²) in [6, 6.07) is 15.3. The summed E-state index contributed by atoms with van der Waals surface area (Å²) in [4.78, 5) is 38.8. The van der Waals surface area contributed by atoms with Crippen LogP contribution in [0.5, 0.6) is 0 Å². The Labute approximate surface area is 182 Å². The minimum absolute atomic E-state index is 0.164. The van der Waals surface area contributed by atoms with Crippen molar-refractivity contribution in [2.45, 2.75) is 6.92 Å². The van der Waals surface area contributed by atoms with Gasteiger partial charge in [-0.15, -0.1) is 0 Å². The van der Waals surface area contributed by atoms with Gasteiger partial charge in [-0.25, -0.2) is 0 Å². The SMILES string of the molecule is Cc1cc(NC(=O)CNC(=O)c2ccccc2N(C)C(=O)c2ccco2)ccc1Br. The Kier molecular flexibility index (Phi) is 6.68. The van der Waals surface area contributed by atoms with Crippen LogP contribution in [0.4, 0.5) is 11.4 Å². The van der Waals surface area contributed by atoms with E-state index in [1.165, 1.54) is 11.2 Å². The Balaban J connectivity index is 1.66. The number of furan rings is 1. The van der Waals surface area contributed by atoms with Crippen LogP contribution >= 0.6 is 15.9 Å². The smallest absolute Gasteiger partial charge is 0.293 e. The summed E-state index contributed by atoms with van der Waals surface area (Å²) in [6.07, 6.45) is 1.41. The fourth-order valence-electron chi connectivity index (χ4n) is 2.82. The number of carbonyl (C=O) groups excluding carboxylic acids is 3. The van der Waals surface area contributed by atoms with Gasteiger partial charge in [0.15, 0.2) is 5.76 Å². The Morgan fingerprint density at radius 2 is 1.83 bits per heavy atom. The molecule has 1 heterocycles. The van der Waals surface area contributed by atoms with Crippen molar-refractivity contribution in [2.24, 2.45) is 0 Å². The van der Waals surface area contributed by atoms with Crippen LogP contribution in [0.15, 0.2) is 69.8 Å². The van der Waals surface area contributed by atoms with E-state index in [4.69, 9.17) is 4.42 Å². The lowest BCUT2D eigenvalue weighted by molar-refractivity contribution is -0.115. The lowest BCUT2D eigenvalue weighted by atomic mass is 10.1. The maximum atomic E-state index is 12.7. The number of amides is 3. The summed E-state index contributed by atoms with van der Waals surface area (Å²) in [5.74, 6) is -1.05. The molecule has 7 nitrogen and oxygen atoms in total. The highest BCUT2D eigenvalue weighted by atomic mass is 79.9. The highest BCUT2D eigenvalue weighted by molar-refractivity contribution is 9.10. The van der Waals surface area contributed by atoms with Gasteiger partial charge in [0.1, 0.15) is 0 Å². The van der Waals surface area contributed by atoms with Gasteiger partial charge >= 0.3 is 0 Å². The molecule has 154 valence electrons. The van der Waals surface area contributed by atoms with Gasteiger partial charge in [-0.05, 0) is 55.0 Å². The van der Waals surface area contributed by atoms with Crippen LogP contribution in [0.2, 0.25) is 0 Å². The summed E-state index contributed by atoms with van der Waals surface area (Å²) in [7, 11) is 1.56. The zero-order valence-corrected chi connectivity index (χ0v) is 18.0. The van der Waals surface area contributed by atoms with E-state index >= 15 is 0 Å². The zero-order valence-electron chi connectivity index (χ0n) is 16.4. The lowest BCUT2D eigenvalue weighted by Crippen LogP contribution is -2.34. The molecule has 0 aliphatic carbocycles. The van der Waals surface area contributed by atoms with Crippen molar-refractivity contribution in [3.8, 4) is 0 Å². The molecule has 0 aliphatic heterocycles. The standard InChI is InChI=1S/C22H20BrN3O4/c1-14-12-15(9-10-17(14)23)25-20(27)13-24-21(28)16-6-3-4-7-18(16)26(2)22(29)19-8-5-11-30-19/h3-12H,13H2,1-2H3,(H,24,28)(H,25,27). The summed E-state index contributed by atoms with van der Waals surface area (Å²) in [5, 5.41) is 5.33. The summed E-state index contributed by atoms with van der Waals surface area (Å²) in [6.45, 7) is 1.71. The number of benzene rings is 2. The van der Waals surface area contributed by atoms with Crippen molar-refractivity contribution in [3.63, 3.8) is 0 Å².